The van der Waals surface area contributed by atoms with Crippen molar-refractivity contribution >= 4 is 64.0 Å². The average Bonchev–Trinajstić information content (AvgIpc) is 2.37. The Morgan fingerprint density at radius 1 is 1.45 bits per heavy atom. The van der Waals surface area contributed by atoms with Crippen molar-refractivity contribution in [1.29, 1.82) is 0 Å². The summed E-state index contributed by atoms with van der Waals surface area (Å²) in [6.45, 7) is 0.532. The van der Waals surface area contributed by atoms with Gasteiger partial charge in [0.2, 0.25) is 0 Å². The number of nitrogens with one attached hydrogen (secondary N) is 2. The van der Waals surface area contributed by atoms with Gasteiger partial charge in [0.15, 0.2) is 0 Å². The van der Waals surface area contributed by atoms with Gasteiger partial charge in [-0.3, -0.25) is 0 Å². The van der Waals surface area contributed by atoms with Gasteiger partial charge in [-0.15, -0.1) is 0 Å². The van der Waals surface area contributed by atoms with E-state index in [-0.39, 0.29) is 6.61 Å². The second kappa shape index (κ2) is 8.63. The number of halogens is 3. The van der Waals surface area contributed by atoms with Crippen molar-refractivity contribution in [3.05, 3.63) is 33.8 Å². The zero-order valence-corrected chi connectivity index (χ0v) is 15.3. The van der Waals surface area contributed by atoms with Gasteiger partial charge < -0.3 is 9.29 Å². The Bertz CT molecular complexity index is 482. The van der Waals surface area contributed by atoms with Gasteiger partial charge >= 0.3 is 6.09 Å². The molecule has 0 heterocycles. The van der Waals surface area contributed by atoms with Gasteiger partial charge in [-0.05, 0) is 26.1 Å². The number of benzene rings is 1. The minimum absolute atomic E-state index is 0.221. The number of carbonyl (C=O) groups is 1. The minimum Gasteiger partial charge on any atom is -0.448 e. The van der Waals surface area contributed by atoms with Gasteiger partial charge in [0.25, 0.3) is 0 Å². The summed E-state index contributed by atoms with van der Waals surface area (Å²) in [7, 11) is -0.418. The normalized spacial score (nSPS) is 15.2. The summed E-state index contributed by atoms with van der Waals surface area (Å²) in [6.07, 6.45) is -0.696. The molecule has 1 aromatic carbocycles. The molecule has 1 amide bonds. The first-order valence-electron chi connectivity index (χ1n) is 5.36. The van der Waals surface area contributed by atoms with E-state index in [9.17, 15) is 9.35 Å². The van der Waals surface area contributed by atoms with Crippen LogP contribution in [-0.4, -0.2) is 22.6 Å². The largest absolute Gasteiger partial charge is 0.448 e. The summed E-state index contributed by atoms with van der Waals surface area (Å²) in [6, 6.07) is 5.11. The molecule has 0 saturated carbocycles. The smallest absolute Gasteiger partial charge is 0.418 e. The van der Waals surface area contributed by atoms with E-state index in [1.165, 1.54) is 0 Å². The Hall–Kier alpha value is 0.250. The van der Waals surface area contributed by atoms with Gasteiger partial charge in [0, 0.05) is 22.2 Å². The first-order valence-corrected chi connectivity index (χ1v) is 10.3. The van der Waals surface area contributed by atoms with Crippen LogP contribution in [0.5, 0.6) is 0 Å². The number of rotatable bonds is 6. The van der Waals surface area contributed by atoms with Crippen LogP contribution in [0.25, 0.3) is 0 Å². The summed E-state index contributed by atoms with van der Waals surface area (Å²) in [5.41, 5.74) is 0.823. The van der Waals surface area contributed by atoms with Crippen LogP contribution in [0.3, 0.4) is 0 Å². The number of hydrogen-bond donors (Lipinski definition) is 3. The molecule has 1 aromatic rings. The lowest BCUT2D eigenvalue weighted by atomic mass is 10.2. The van der Waals surface area contributed by atoms with E-state index in [0.29, 0.717) is 21.9 Å². The SMILES string of the molecule is O=C(NS(O)(P)NCc1ccc(Cl)c(Cl)c1)OCCBr. The van der Waals surface area contributed by atoms with E-state index in [2.05, 4.69) is 33.8 Å². The van der Waals surface area contributed by atoms with E-state index in [4.69, 9.17) is 27.9 Å². The maximum Gasteiger partial charge on any atom is 0.418 e. The molecule has 1 rings (SSSR count). The molecule has 0 aliphatic rings. The highest BCUT2D eigenvalue weighted by Gasteiger charge is 2.17. The number of alkyl halides is 1. The number of ether oxygens (including phenoxy) is 1. The standard InChI is InChI=1S/C10H14BrCl2N2O3PS/c11-3-4-18-10(16)15-20(17,19)14-6-7-1-2-8(12)9(13)5-7/h1-2,5,14,17H,3-4,6,19H2,(H,15,16). The monoisotopic (exact) mass is 422 g/mol. The van der Waals surface area contributed by atoms with E-state index in [0.717, 1.165) is 5.56 Å². The third-order valence-electron chi connectivity index (χ3n) is 2.03. The highest BCUT2D eigenvalue weighted by molar-refractivity contribution is 9.09. The fourth-order valence-electron chi connectivity index (χ4n) is 1.17. The van der Waals surface area contributed by atoms with Crippen molar-refractivity contribution in [3.8, 4) is 0 Å². The summed E-state index contributed by atoms with van der Waals surface area (Å²) < 4.78 is 20.0. The van der Waals surface area contributed by atoms with Crippen molar-refractivity contribution in [2.24, 2.45) is 0 Å². The Labute approximate surface area is 139 Å². The highest BCUT2D eigenvalue weighted by atomic mass is 79.9. The van der Waals surface area contributed by atoms with Crippen LogP contribution in [0.4, 0.5) is 4.79 Å². The summed E-state index contributed by atoms with van der Waals surface area (Å²) in [4.78, 5) is 11.3. The van der Waals surface area contributed by atoms with Crippen LogP contribution < -0.4 is 9.44 Å². The predicted octanol–water partition coefficient (Wildman–Crippen LogP) is 4.10. The third-order valence-corrected chi connectivity index (χ3v) is 5.01. The molecule has 20 heavy (non-hydrogen) atoms. The second-order valence-corrected chi connectivity index (χ2v) is 9.02. The van der Waals surface area contributed by atoms with Crippen molar-refractivity contribution in [2.75, 3.05) is 11.9 Å². The molecule has 3 N–H and O–H groups in total. The van der Waals surface area contributed by atoms with Gasteiger partial charge in [0.05, 0.1) is 10.0 Å². The summed E-state index contributed by atoms with van der Waals surface area (Å²) >= 11 is 14.8. The van der Waals surface area contributed by atoms with E-state index < -0.39 is 16.4 Å². The number of carbonyl (C=O) groups excluding carboxylic acids is 1. The molecule has 0 aliphatic carbocycles. The predicted molar refractivity (Wildman–Crippen MR) is 91.5 cm³/mol. The van der Waals surface area contributed by atoms with Crippen molar-refractivity contribution in [1.82, 2.24) is 9.44 Å². The molecule has 0 radical (unpaired) electrons. The van der Waals surface area contributed by atoms with Gasteiger partial charge in [-0.25, -0.2) is 14.2 Å². The first-order chi connectivity index (χ1) is 9.34. The molecular weight excluding hydrogens is 410 g/mol. The molecule has 2 unspecified atom stereocenters. The van der Waals surface area contributed by atoms with E-state index in [1.54, 1.807) is 18.2 Å². The fourth-order valence-corrected chi connectivity index (χ4v) is 2.96. The van der Waals surface area contributed by atoms with Crippen LogP contribution >= 0.6 is 57.9 Å². The van der Waals surface area contributed by atoms with E-state index >= 15 is 0 Å². The molecule has 114 valence electrons. The number of hydrogen-bond acceptors (Lipinski definition) is 4. The zero-order valence-electron chi connectivity index (χ0n) is 10.2. The Morgan fingerprint density at radius 2 is 2.15 bits per heavy atom. The second-order valence-electron chi connectivity index (χ2n) is 3.62. The van der Waals surface area contributed by atoms with Crippen molar-refractivity contribution < 1.29 is 14.1 Å². The van der Waals surface area contributed by atoms with Crippen molar-refractivity contribution in [2.45, 2.75) is 6.54 Å². The van der Waals surface area contributed by atoms with Gasteiger partial charge in [-0.2, -0.15) is 0 Å². The van der Waals surface area contributed by atoms with Gasteiger partial charge in [0.1, 0.15) is 6.61 Å². The van der Waals surface area contributed by atoms with Crippen LogP contribution in [0.1, 0.15) is 5.56 Å². The topological polar surface area (TPSA) is 70.6 Å². The lowest BCUT2D eigenvalue weighted by molar-refractivity contribution is 0.160. The lowest BCUT2D eigenvalue weighted by Gasteiger charge is -2.30. The third kappa shape index (κ3) is 6.80. The summed E-state index contributed by atoms with van der Waals surface area (Å²) in [5.74, 6) is 0. The fraction of sp³-hybridized carbons (Fsp3) is 0.300. The Balaban J connectivity index is 2.49. The molecule has 0 aromatic heterocycles. The minimum atomic E-state index is -2.58. The van der Waals surface area contributed by atoms with E-state index in [1.807, 2.05) is 0 Å². The molecule has 0 aliphatic heterocycles. The van der Waals surface area contributed by atoms with Crippen LogP contribution in [-0.2, 0) is 11.3 Å². The number of amides is 1. The Kier molecular flexibility index (Phi) is 7.90. The maximum absolute atomic E-state index is 11.3. The lowest BCUT2D eigenvalue weighted by Crippen LogP contribution is -2.33. The molecular formula is C10H14BrCl2N2O3PS. The van der Waals surface area contributed by atoms with Crippen molar-refractivity contribution in [3.63, 3.8) is 0 Å². The molecule has 0 bridgehead atoms. The molecule has 5 nitrogen and oxygen atoms in total. The molecule has 10 heteroatoms. The zero-order chi connectivity index (χ0) is 15.2. The molecule has 0 fully saturated rings. The van der Waals surface area contributed by atoms with Gasteiger partial charge in [-0.1, -0.05) is 45.2 Å². The highest BCUT2D eigenvalue weighted by Crippen LogP contribution is 2.43. The molecule has 2 atom stereocenters. The van der Waals surface area contributed by atoms with Crippen LogP contribution in [0, 0.1) is 0 Å². The first kappa shape index (κ1) is 18.3. The van der Waals surface area contributed by atoms with Crippen LogP contribution in [0.2, 0.25) is 10.0 Å². The molecule has 0 saturated heterocycles. The summed E-state index contributed by atoms with van der Waals surface area (Å²) in [5, 5.41) is 1.42. The average molecular weight is 424 g/mol. The quantitative estimate of drug-likeness (QED) is 0.475. The maximum atomic E-state index is 11.3. The Morgan fingerprint density at radius 3 is 2.75 bits per heavy atom. The van der Waals surface area contributed by atoms with Crippen LogP contribution in [0.15, 0.2) is 18.2 Å². The molecule has 0 spiro atoms.